The summed E-state index contributed by atoms with van der Waals surface area (Å²) in [5.74, 6) is 0.197. The molecule has 0 aliphatic carbocycles. The third-order valence-corrected chi connectivity index (χ3v) is 3.94. The fourth-order valence-electron chi connectivity index (χ4n) is 2.75. The number of nitrogens with zero attached hydrogens (tertiary/aromatic N) is 1. The van der Waals surface area contributed by atoms with Gasteiger partial charge in [0.15, 0.2) is 0 Å². The van der Waals surface area contributed by atoms with Gasteiger partial charge in [0.25, 0.3) is 0 Å². The molecule has 1 saturated heterocycles. The van der Waals surface area contributed by atoms with Crippen LogP contribution in [-0.2, 0) is 0 Å². The lowest BCUT2D eigenvalue weighted by Gasteiger charge is -2.24. The third-order valence-electron chi connectivity index (χ3n) is 3.94. The molecule has 118 valence electrons. The Balaban J connectivity index is 1.86. The Kier molecular flexibility index (Phi) is 5.79. The molecule has 1 fully saturated rings. The van der Waals surface area contributed by atoms with Crippen molar-refractivity contribution in [3.8, 4) is 5.75 Å². The number of ether oxygens (including phenoxy) is 1. The predicted octanol–water partition coefficient (Wildman–Crippen LogP) is 3.96. The molecular weight excluding hydrogens is 274 g/mol. The van der Waals surface area contributed by atoms with E-state index in [-0.39, 0.29) is 5.75 Å². The van der Waals surface area contributed by atoms with Gasteiger partial charge in [0, 0.05) is 24.3 Å². The summed E-state index contributed by atoms with van der Waals surface area (Å²) in [4.78, 5) is 2.50. The van der Waals surface area contributed by atoms with Crippen LogP contribution in [-0.4, -0.2) is 36.7 Å². The van der Waals surface area contributed by atoms with E-state index in [0.717, 1.165) is 31.6 Å². The van der Waals surface area contributed by atoms with Crippen LogP contribution >= 0.6 is 0 Å². The van der Waals surface area contributed by atoms with Crippen LogP contribution in [0.1, 0.15) is 33.1 Å². The van der Waals surface area contributed by atoms with Crippen molar-refractivity contribution in [2.75, 3.05) is 18.4 Å². The monoisotopic (exact) mass is 298 g/mol. The van der Waals surface area contributed by atoms with Gasteiger partial charge in [0.2, 0.25) is 0 Å². The van der Waals surface area contributed by atoms with Crippen LogP contribution in [0, 0.1) is 0 Å². The molecule has 3 nitrogen and oxygen atoms in total. The van der Waals surface area contributed by atoms with E-state index in [4.69, 9.17) is 0 Å². The molecule has 2 rings (SSSR count). The molecule has 1 aromatic carbocycles. The van der Waals surface area contributed by atoms with Gasteiger partial charge < -0.3 is 15.0 Å². The molecule has 1 N–H and O–H groups in total. The lowest BCUT2D eigenvalue weighted by atomic mass is 10.1. The highest BCUT2D eigenvalue weighted by molar-refractivity contribution is 5.47. The Bertz CT molecular complexity index is 423. The first kappa shape index (κ1) is 16.0. The van der Waals surface area contributed by atoms with E-state index in [1.54, 1.807) is 24.3 Å². The van der Waals surface area contributed by atoms with Crippen LogP contribution in [0.4, 0.5) is 14.5 Å². The molecule has 1 atom stereocenters. The Hall–Kier alpha value is -1.36. The van der Waals surface area contributed by atoms with Crippen molar-refractivity contribution in [2.45, 2.75) is 51.8 Å². The zero-order chi connectivity index (χ0) is 15.2. The fraction of sp³-hybridized carbons (Fsp3) is 0.625. The number of hydrogen-bond donors (Lipinski definition) is 1. The maximum atomic E-state index is 12.1. The Morgan fingerprint density at radius 3 is 2.48 bits per heavy atom. The molecule has 0 aromatic heterocycles. The van der Waals surface area contributed by atoms with E-state index in [1.807, 2.05) is 0 Å². The first-order chi connectivity index (χ1) is 10.0. The van der Waals surface area contributed by atoms with Gasteiger partial charge >= 0.3 is 6.61 Å². The van der Waals surface area contributed by atoms with E-state index in [2.05, 4.69) is 28.8 Å². The number of rotatable bonds is 5. The van der Waals surface area contributed by atoms with E-state index >= 15 is 0 Å². The average Bonchev–Trinajstić information content (AvgIpc) is 2.66. The fourth-order valence-corrected chi connectivity index (χ4v) is 2.75. The van der Waals surface area contributed by atoms with Crippen LogP contribution in [0.5, 0.6) is 5.75 Å². The molecule has 0 amide bonds. The summed E-state index contributed by atoms with van der Waals surface area (Å²) in [6.07, 6.45) is 3.42. The van der Waals surface area contributed by atoms with Crippen LogP contribution in [0.15, 0.2) is 24.3 Å². The largest absolute Gasteiger partial charge is 0.435 e. The molecule has 0 spiro atoms. The van der Waals surface area contributed by atoms with E-state index < -0.39 is 6.61 Å². The summed E-state index contributed by atoms with van der Waals surface area (Å²) in [5.41, 5.74) is 0.958. The minimum absolute atomic E-state index is 0.197. The molecule has 1 aromatic rings. The molecule has 0 bridgehead atoms. The average molecular weight is 298 g/mol. The van der Waals surface area contributed by atoms with Crippen molar-refractivity contribution in [1.29, 1.82) is 0 Å². The molecule has 1 aliphatic rings. The van der Waals surface area contributed by atoms with Crippen molar-refractivity contribution < 1.29 is 13.5 Å². The van der Waals surface area contributed by atoms with Gasteiger partial charge in [0.1, 0.15) is 5.75 Å². The zero-order valence-electron chi connectivity index (χ0n) is 12.7. The maximum Gasteiger partial charge on any atom is 0.387 e. The second-order valence-electron chi connectivity index (χ2n) is 5.80. The molecule has 1 unspecified atom stereocenters. The topological polar surface area (TPSA) is 24.5 Å². The SMILES string of the molecule is CC(C)N1CCCC(Nc2ccc(OC(F)F)cc2)CC1. The molecule has 21 heavy (non-hydrogen) atoms. The summed E-state index contributed by atoms with van der Waals surface area (Å²) in [5, 5.41) is 3.49. The van der Waals surface area contributed by atoms with Gasteiger partial charge in [0.05, 0.1) is 0 Å². The van der Waals surface area contributed by atoms with Crippen LogP contribution in [0.2, 0.25) is 0 Å². The van der Waals surface area contributed by atoms with Gasteiger partial charge in [-0.15, -0.1) is 0 Å². The molecule has 0 saturated carbocycles. The number of likely N-dealkylation sites (tertiary alicyclic amines) is 1. The number of hydrogen-bond acceptors (Lipinski definition) is 3. The lowest BCUT2D eigenvalue weighted by Crippen LogP contribution is -2.32. The van der Waals surface area contributed by atoms with Crippen molar-refractivity contribution in [3.63, 3.8) is 0 Å². The second-order valence-corrected chi connectivity index (χ2v) is 5.80. The van der Waals surface area contributed by atoms with E-state index in [0.29, 0.717) is 12.1 Å². The Morgan fingerprint density at radius 2 is 1.86 bits per heavy atom. The van der Waals surface area contributed by atoms with Gasteiger partial charge in [-0.1, -0.05) is 0 Å². The minimum atomic E-state index is -2.77. The van der Waals surface area contributed by atoms with E-state index in [1.165, 1.54) is 6.42 Å². The predicted molar refractivity (Wildman–Crippen MR) is 81.0 cm³/mol. The molecule has 0 radical (unpaired) electrons. The molecule has 1 aliphatic heterocycles. The van der Waals surface area contributed by atoms with E-state index in [9.17, 15) is 8.78 Å². The standard InChI is InChI=1S/C16H24F2N2O/c1-12(2)20-10-3-4-13(9-11-20)19-14-5-7-15(8-6-14)21-16(17)18/h5-8,12-13,16,19H,3-4,9-11H2,1-2H3. The number of benzene rings is 1. The highest BCUT2D eigenvalue weighted by Gasteiger charge is 2.18. The number of nitrogens with one attached hydrogen (secondary N) is 1. The van der Waals surface area contributed by atoms with Crippen molar-refractivity contribution in [1.82, 2.24) is 4.90 Å². The lowest BCUT2D eigenvalue weighted by molar-refractivity contribution is -0.0498. The molecule has 1 heterocycles. The Morgan fingerprint density at radius 1 is 1.14 bits per heavy atom. The first-order valence-electron chi connectivity index (χ1n) is 7.60. The summed E-state index contributed by atoms with van der Waals surface area (Å²) in [6, 6.07) is 7.77. The van der Waals surface area contributed by atoms with Crippen molar-refractivity contribution in [3.05, 3.63) is 24.3 Å². The minimum Gasteiger partial charge on any atom is -0.435 e. The van der Waals surface area contributed by atoms with Gasteiger partial charge in [-0.25, -0.2) is 0 Å². The molecular formula is C16H24F2N2O. The summed E-state index contributed by atoms with van der Waals surface area (Å²) in [6.45, 7) is 3.94. The summed E-state index contributed by atoms with van der Waals surface area (Å²) < 4.78 is 28.5. The van der Waals surface area contributed by atoms with Crippen molar-refractivity contribution >= 4 is 5.69 Å². The normalized spacial score (nSPS) is 20.6. The second kappa shape index (κ2) is 7.59. The maximum absolute atomic E-state index is 12.1. The Labute approximate surface area is 125 Å². The first-order valence-corrected chi connectivity index (χ1v) is 7.60. The van der Waals surface area contributed by atoms with Crippen LogP contribution in [0.3, 0.4) is 0 Å². The zero-order valence-corrected chi connectivity index (χ0v) is 12.7. The summed E-state index contributed by atoms with van der Waals surface area (Å²) >= 11 is 0. The number of anilines is 1. The molecule has 5 heteroatoms. The smallest absolute Gasteiger partial charge is 0.387 e. The van der Waals surface area contributed by atoms with Gasteiger partial charge in [-0.3, -0.25) is 0 Å². The van der Waals surface area contributed by atoms with Gasteiger partial charge in [-0.05, 0) is 63.9 Å². The van der Waals surface area contributed by atoms with Gasteiger partial charge in [-0.2, -0.15) is 8.78 Å². The number of alkyl halides is 2. The quantitative estimate of drug-likeness (QED) is 0.890. The summed E-state index contributed by atoms with van der Waals surface area (Å²) in [7, 11) is 0. The van der Waals surface area contributed by atoms with Crippen LogP contribution in [0.25, 0.3) is 0 Å². The van der Waals surface area contributed by atoms with Crippen LogP contribution < -0.4 is 10.1 Å². The van der Waals surface area contributed by atoms with Crippen molar-refractivity contribution in [2.24, 2.45) is 0 Å². The number of halogens is 2. The highest BCUT2D eigenvalue weighted by atomic mass is 19.3. The third kappa shape index (κ3) is 5.16. The highest BCUT2D eigenvalue weighted by Crippen LogP contribution is 2.21.